The Bertz CT molecular complexity index is 682. The van der Waals surface area contributed by atoms with Gasteiger partial charge in [-0.25, -0.2) is 0 Å². The number of nitrogens with one attached hydrogen (secondary N) is 1. The largest absolute Gasteiger partial charge is 0.481 e. The number of aliphatic hydroxyl groups excluding tert-OH is 1. The van der Waals surface area contributed by atoms with E-state index in [0.29, 0.717) is 18.2 Å². The number of hydrogen-bond donors (Lipinski definition) is 2. The maximum Gasteiger partial charge on any atom is 0.261 e. The molecular formula is C20H25NO3. The summed E-state index contributed by atoms with van der Waals surface area (Å²) in [5.41, 5.74) is 2.90. The number of carbonyl (C=O) groups excluding carboxylic acids is 1. The van der Waals surface area contributed by atoms with E-state index in [-0.39, 0.29) is 12.5 Å². The third kappa shape index (κ3) is 4.83. The van der Waals surface area contributed by atoms with Gasteiger partial charge in [-0.15, -0.1) is 0 Å². The highest BCUT2D eigenvalue weighted by Crippen LogP contribution is 2.21. The second-order valence-corrected chi connectivity index (χ2v) is 6.13. The molecule has 0 aliphatic rings. The zero-order valence-corrected chi connectivity index (χ0v) is 14.5. The lowest BCUT2D eigenvalue weighted by Crippen LogP contribution is -2.36. The molecule has 2 rings (SSSR count). The van der Waals surface area contributed by atoms with Crippen molar-refractivity contribution in [1.82, 2.24) is 5.32 Å². The molecule has 2 aromatic carbocycles. The van der Waals surface area contributed by atoms with E-state index < -0.39 is 6.10 Å². The summed E-state index contributed by atoms with van der Waals surface area (Å²) in [7, 11) is 0. The maximum absolute atomic E-state index is 12.2. The van der Waals surface area contributed by atoms with Crippen LogP contribution in [0.4, 0.5) is 0 Å². The molecule has 1 amide bonds. The molecule has 0 saturated carbocycles. The molecule has 0 saturated heterocycles. The van der Waals surface area contributed by atoms with Crippen LogP contribution < -0.4 is 10.1 Å². The van der Waals surface area contributed by atoms with E-state index in [0.717, 1.165) is 11.1 Å². The second-order valence-electron chi connectivity index (χ2n) is 6.13. The van der Waals surface area contributed by atoms with Crippen molar-refractivity contribution in [3.8, 4) is 5.75 Å². The average Bonchev–Trinajstić information content (AvgIpc) is 2.60. The van der Waals surface area contributed by atoms with Crippen LogP contribution >= 0.6 is 0 Å². The molecular weight excluding hydrogens is 302 g/mol. The van der Waals surface area contributed by atoms with Gasteiger partial charge in [-0.1, -0.05) is 50.2 Å². The van der Waals surface area contributed by atoms with Crippen LogP contribution in [0, 0.1) is 0 Å². The van der Waals surface area contributed by atoms with Crippen molar-refractivity contribution in [2.45, 2.75) is 45.9 Å². The predicted molar refractivity (Wildman–Crippen MR) is 94.8 cm³/mol. The summed E-state index contributed by atoms with van der Waals surface area (Å²) in [5.74, 6) is 0.921. The minimum absolute atomic E-state index is 0.0416. The Morgan fingerprint density at radius 3 is 2.46 bits per heavy atom. The van der Waals surface area contributed by atoms with Gasteiger partial charge in [0.25, 0.3) is 5.91 Å². The van der Waals surface area contributed by atoms with Crippen LogP contribution in [0.1, 0.15) is 43.4 Å². The van der Waals surface area contributed by atoms with Crippen molar-refractivity contribution in [3.05, 3.63) is 65.2 Å². The Balaban J connectivity index is 1.94. The first-order valence-corrected chi connectivity index (χ1v) is 8.23. The number of carbonyl (C=O) groups is 1. The molecule has 0 spiro atoms. The fourth-order valence-corrected chi connectivity index (χ4v) is 2.41. The molecule has 0 fully saturated rings. The molecule has 0 heterocycles. The standard InChI is InChI=1S/C20H25NO3/c1-14(2)16-9-6-10-19(11-16)24-15(3)20(23)21-12-17-7-4-5-8-18(17)13-22/h4-11,14-15,22H,12-13H2,1-3H3,(H,21,23). The third-order valence-corrected chi connectivity index (χ3v) is 3.95. The highest BCUT2D eigenvalue weighted by Gasteiger charge is 2.15. The Labute approximate surface area is 143 Å². The Morgan fingerprint density at radius 1 is 1.08 bits per heavy atom. The van der Waals surface area contributed by atoms with E-state index in [9.17, 15) is 9.90 Å². The lowest BCUT2D eigenvalue weighted by atomic mass is 10.0. The van der Waals surface area contributed by atoms with Crippen LogP contribution in [-0.2, 0) is 17.9 Å². The Kier molecular flexibility index (Phi) is 6.38. The van der Waals surface area contributed by atoms with Crippen molar-refractivity contribution in [1.29, 1.82) is 0 Å². The summed E-state index contributed by atoms with van der Waals surface area (Å²) in [6.07, 6.45) is -0.589. The van der Waals surface area contributed by atoms with Crippen LogP contribution in [0.5, 0.6) is 5.75 Å². The van der Waals surface area contributed by atoms with Gasteiger partial charge in [0.2, 0.25) is 0 Å². The van der Waals surface area contributed by atoms with Crippen molar-refractivity contribution < 1.29 is 14.6 Å². The van der Waals surface area contributed by atoms with Crippen molar-refractivity contribution in [3.63, 3.8) is 0 Å². The molecule has 0 aliphatic heterocycles. The van der Waals surface area contributed by atoms with Crippen LogP contribution in [-0.4, -0.2) is 17.1 Å². The van der Waals surface area contributed by atoms with E-state index in [1.807, 2.05) is 48.5 Å². The van der Waals surface area contributed by atoms with Crippen molar-refractivity contribution in [2.24, 2.45) is 0 Å². The highest BCUT2D eigenvalue weighted by atomic mass is 16.5. The van der Waals surface area contributed by atoms with E-state index in [1.165, 1.54) is 5.56 Å². The van der Waals surface area contributed by atoms with Gasteiger partial charge in [0.15, 0.2) is 6.10 Å². The Hall–Kier alpha value is -2.33. The van der Waals surface area contributed by atoms with Crippen LogP contribution in [0.25, 0.3) is 0 Å². The third-order valence-electron chi connectivity index (χ3n) is 3.95. The fourth-order valence-electron chi connectivity index (χ4n) is 2.41. The normalized spacial score (nSPS) is 12.0. The number of ether oxygens (including phenoxy) is 1. The number of rotatable bonds is 7. The summed E-state index contributed by atoms with van der Waals surface area (Å²) < 4.78 is 5.75. The molecule has 0 aromatic heterocycles. The lowest BCUT2D eigenvalue weighted by Gasteiger charge is -2.16. The van der Waals surface area contributed by atoms with Crippen molar-refractivity contribution in [2.75, 3.05) is 0 Å². The molecule has 0 aliphatic carbocycles. The predicted octanol–water partition coefficient (Wildman–Crippen LogP) is 3.39. The molecule has 4 heteroatoms. The first kappa shape index (κ1) is 18.0. The molecule has 1 atom stereocenters. The zero-order valence-electron chi connectivity index (χ0n) is 14.5. The molecule has 0 bridgehead atoms. The highest BCUT2D eigenvalue weighted by molar-refractivity contribution is 5.80. The van der Waals surface area contributed by atoms with Gasteiger partial charge >= 0.3 is 0 Å². The first-order valence-electron chi connectivity index (χ1n) is 8.23. The average molecular weight is 327 g/mol. The molecule has 2 aromatic rings. The van der Waals surface area contributed by atoms with Gasteiger partial charge < -0.3 is 15.2 Å². The second kappa shape index (κ2) is 8.50. The lowest BCUT2D eigenvalue weighted by molar-refractivity contribution is -0.127. The number of hydrogen-bond acceptors (Lipinski definition) is 3. The van der Waals surface area contributed by atoms with Crippen LogP contribution in [0.15, 0.2) is 48.5 Å². The van der Waals surface area contributed by atoms with Gasteiger partial charge in [-0.3, -0.25) is 4.79 Å². The summed E-state index contributed by atoms with van der Waals surface area (Å²) in [5, 5.41) is 12.2. The molecule has 128 valence electrons. The van der Waals surface area contributed by atoms with Crippen LogP contribution in [0.2, 0.25) is 0 Å². The molecule has 2 N–H and O–H groups in total. The summed E-state index contributed by atoms with van der Waals surface area (Å²) in [6.45, 7) is 6.30. The van der Waals surface area contributed by atoms with Gasteiger partial charge in [0.1, 0.15) is 5.75 Å². The van der Waals surface area contributed by atoms with Gasteiger partial charge in [-0.05, 0) is 41.7 Å². The molecule has 24 heavy (non-hydrogen) atoms. The topological polar surface area (TPSA) is 58.6 Å². The molecule has 0 radical (unpaired) electrons. The number of benzene rings is 2. The van der Waals surface area contributed by atoms with E-state index in [4.69, 9.17) is 4.74 Å². The first-order chi connectivity index (χ1) is 11.5. The van der Waals surface area contributed by atoms with Gasteiger partial charge in [0, 0.05) is 6.54 Å². The van der Waals surface area contributed by atoms with Gasteiger partial charge in [0.05, 0.1) is 6.61 Å². The van der Waals surface area contributed by atoms with Crippen LogP contribution in [0.3, 0.4) is 0 Å². The minimum Gasteiger partial charge on any atom is -0.481 e. The quantitative estimate of drug-likeness (QED) is 0.819. The number of aliphatic hydroxyl groups is 1. The zero-order chi connectivity index (χ0) is 17.5. The SMILES string of the molecule is CC(Oc1cccc(C(C)C)c1)C(=O)NCc1ccccc1CO. The van der Waals surface area contributed by atoms with Gasteiger partial charge in [-0.2, -0.15) is 0 Å². The summed E-state index contributed by atoms with van der Waals surface area (Å²) in [4.78, 5) is 12.2. The minimum atomic E-state index is -0.589. The smallest absolute Gasteiger partial charge is 0.261 e. The summed E-state index contributed by atoms with van der Waals surface area (Å²) in [6, 6.07) is 15.3. The number of amides is 1. The van der Waals surface area contributed by atoms with E-state index in [1.54, 1.807) is 6.92 Å². The van der Waals surface area contributed by atoms with E-state index >= 15 is 0 Å². The van der Waals surface area contributed by atoms with E-state index in [2.05, 4.69) is 19.2 Å². The maximum atomic E-state index is 12.2. The molecule has 1 unspecified atom stereocenters. The monoisotopic (exact) mass is 327 g/mol. The molecule has 4 nitrogen and oxygen atoms in total. The summed E-state index contributed by atoms with van der Waals surface area (Å²) >= 11 is 0. The van der Waals surface area contributed by atoms with Crippen molar-refractivity contribution >= 4 is 5.91 Å². The fraction of sp³-hybridized carbons (Fsp3) is 0.350. The Morgan fingerprint density at radius 2 is 1.79 bits per heavy atom.